The average Bonchev–Trinajstić information content (AvgIpc) is 2.01. The molecule has 4 heteroatoms. The van der Waals surface area contributed by atoms with E-state index < -0.39 is 28.8 Å². The first kappa shape index (κ1) is 8.77. The molecule has 0 saturated heterocycles. The van der Waals surface area contributed by atoms with Gasteiger partial charge in [-0.1, -0.05) is 12.7 Å². The fourth-order valence-corrected chi connectivity index (χ4v) is 0.767. The Labute approximate surface area is 66.1 Å². The summed E-state index contributed by atoms with van der Waals surface area (Å²) in [5, 5.41) is 0. The Balaban J connectivity index is 3.51. The van der Waals surface area contributed by atoms with E-state index in [0.29, 0.717) is 0 Å². The molecular formula is C8H4F4. The summed E-state index contributed by atoms with van der Waals surface area (Å²) in [5.74, 6) is -5.95. The van der Waals surface area contributed by atoms with Gasteiger partial charge in [0.1, 0.15) is 5.82 Å². The van der Waals surface area contributed by atoms with Crippen LogP contribution in [-0.4, -0.2) is 0 Å². The van der Waals surface area contributed by atoms with Crippen molar-refractivity contribution in [3.63, 3.8) is 0 Å². The highest BCUT2D eigenvalue weighted by Crippen LogP contribution is 2.19. The molecular weight excluding hydrogens is 172 g/mol. The summed E-state index contributed by atoms with van der Waals surface area (Å²) in [6.45, 7) is 3.05. The van der Waals surface area contributed by atoms with Crippen LogP contribution in [0.3, 0.4) is 0 Å². The molecule has 12 heavy (non-hydrogen) atoms. The molecule has 0 unspecified atom stereocenters. The molecule has 1 aromatic carbocycles. The Bertz CT molecular complexity index is 330. The summed E-state index contributed by atoms with van der Waals surface area (Å²) in [5.41, 5.74) is -0.658. The molecule has 0 spiro atoms. The van der Waals surface area contributed by atoms with E-state index in [-0.39, 0.29) is 6.07 Å². The van der Waals surface area contributed by atoms with E-state index in [0.717, 1.165) is 6.08 Å². The zero-order valence-corrected chi connectivity index (χ0v) is 5.87. The Kier molecular flexibility index (Phi) is 2.17. The van der Waals surface area contributed by atoms with E-state index in [2.05, 4.69) is 6.58 Å². The third-order valence-corrected chi connectivity index (χ3v) is 1.35. The highest BCUT2D eigenvalue weighted by molar-refractivity contribution is 5.48. The fraction of sp³-hybridized carbons (Fsp3) is 0. The van der Waals surface area contributed by atoms with Gasteiger partial charge in [0, 0.05) is 11.6 Å². The normalized spacial score (nSPS) is 10.0. The van der Waals surface area contributed by atoms with Gasteiger partial charge in [-0.25, -0.2) is 17.6 Å². The summed E-state index contributed by atoms with van der Waals surface area (Å²) in [6.07, 6.45) is 0.785. The van der Waals surface area contributed by atoms with E-state index >= 15 is 0 Å². The van der Waals surface area contributed by atoms with E-state index in [1.165, 1.54) is 0 Å². The molecule has 0 atom stereocenters. The summed E-state index contributed by atoms with van der Waals surface area (Å²) in [4.78, 5) is 0. The van der Waals surface area contributed by atoms with Gasteiger partial charge in [0.15, 0.2) is 17.5 Å². The van der Waals surface area contributed by atoms with E-state index in [1.807, 2.05) is 0 Å². The molecule has 0 N–H and O–H groups in total. The van der Waals surface area contributed by atoms with Crippen molar-refractivity contribution in [1.29, 1.82) is 0 Å². The van der Waals surface area contributed by atoms with E-state index in [1.54, 1.807) is 0 Å². The third kappa shape index (κ3) is 1.20. The first-order chi connectivity index (χ1) is 5.57. The molecule has 0 saturated carbocycles. The van der Waals surface area contributed by atoms with Crippen molar-refractivity contribution in [3.05, 3.63) is 41.5 Å². The lowest BCUT2D eigenvalue weighted by molar-refractivity contribution is 0.432. The first-order valence-electron chi connectivity index (χ1n) is 3.03. The van der Waals surface area contributed by atoms with Crippen LogP contribution >= 0.6 is 0 Å². The standard InChI is InChI=1S/C8H4F4/c1-2-4-5(9)3-6(10)8(12)7(4)11/h2-3H,1H2. The lowest BCUT2D eigenvalue weighted by Gasteiger charge is -2.00. The molecule has 0 fully saturated rings. The van der Waals surface area contributed by atoms with E-state index in [4.69, 9.17) is 0 Å². The number of halogens is 4. The molecule has 0 aliphatic heterocycles. The minimum absolute atomic E-state index is 0.273. The van der Waals surface area contributed by atoms with Crippen molar-refractivity contribution in [2.45, 2.75) is 0 Å². The molecule has 0 nitrogen and oxygen atoms in total. The Morgan fingerprint density at radius 3 is 2.08 bits per heavy atom. The summed E-state index contributed by atoms with van der Waals surface area (Å²) in [7, 11) is 0. The Hall–Kier alpha value is -1.32. The molecule has 1 rings (SSSR count). The van der Waals surface area contributed by atoms with Gasteiger partial charge in [0.05, 0.1) is 0 Å². The summed E-state index contributed by atoms with van der Waals surface area (Å²) >= 11 is 0. The lowest BCUT2D eigenvalue weighted by atomic mass is 10.2. The molecule has 0 bridgehead atoms. The molecule has 0 heterocycles. The average molecular weight is 176 g/mol. The molecule has 0 aliphatic rings. The molecule has 0 amide bonds. The van der Waals surface area contributed by atoms with Crippen LogP contribution in [0.15, 0.2) is 12.6 Å². The van der Waals surface area contributed by atoms with Crippen molar-refractivity contribution in [3.8, 4) is 0 Å². The molecule has 0 aromatic heterocycles. The third-order valence-electron chi connectivity index (χ3n) is 1.35. The van der Waals surface area contributed by atoms with Gasteiger partial charge in [0.2, 0.25) is 0 Å². The number of hydrogen-bond donors (Lipinski definition) is 0. The van der Waals surface area contributed by atoms with Gasteiger partial charge in [-0.15, -0.1) is 0 Å². The van der Waals surface area contributed by atoms with Gasteiger partial charge < -0.3 is 0 Å². The number of rotatable bonds is 1. The predicted molar refractivity (Wildman–Crippen MR) is 36.4 cm³/mol. The van der Waals surface area contributed by atoms with Crippen LogP contribution in [-0.2, 0) is 0 Å². The second-order valence-electron chi connectivity index (χ2n) is 2.09. The van der Waals surface area contributed by atoms with Crippen LogP contribution in [0.1, 0.15) is 5.56 Å². The summed E-state index contributed by atoms with van der Waals surface area (Å²) < 4.78 is 49.8. The van der Waals surface area contributed by atoms with Crippen LogP contribution in [0.25, 0.3) is 6.08 Å². The zero-order chi connectivity index (χ0) is 9.30. The number of benzene rings is 1. The zero-order valence-electron chi connectivity index (χ0n) is 5.87. The van der Waals surface area contributed by atoms with Gasteiger partial charge in [-0.3, -0.25) is 0 Å². The minimum Gasteiger partial charge on any atom is -0.206 e. The second kappa shape index (κ2) is 2.97. The predicted octanol–water partition coefficient (Wildman–Crippen LogP) is 2.89. The number of hydrogen-bond acceptors (Lipinski definition) is 0. The Morgan fingerprint density at radius 1 is 1.00 bits per heavy atom. The highest BCUT2D eigenvalue weighted by Gasteiger charge is 2.16. The Morgan fingerprint density at radius 2 is 1.58 bits per heavy atom. The van der Waals surface area contributed by atoms with Crippen LogP contribution in [0.2, 0.25) is 0 Å². The van der Waals surface area contributed by atoms with Crippen molar-refractivity contribution >= 4 is 6.08 Å². The summed E-state index contributed by atoms with van der Waals surface area (Å²) in [6, 6.07) is 0.273. The van der Waals surface area contributed by atoms with Crippen LogP contribution in [0, 0.1) is 23.3 Å². The monoisotopic (exact) mass is 176 g/mol. The molecule has 0 radical (unpaired) electrons. The van der Waals surface area contributed by atoms with Crippen LogP contribution < -0.4 is 0 Å². The van der Waals surface area contributed by atoms with Gasteiger partial charge in [0.25, 0.3) is 0 Å². The fourth-order valence-electron chi connectivity index (χ4n) is 0.767. The van der Waals surface area contributed by atoms with Gasteiger partial charge in [-0.2, -0.15) is 0 Å². The van der Waals surface area contributed by atoms with Crippen molar-refractivity contribution in [2.75, 3.05) is 0 Å². The van der Waals surface area contributed by atoms with Gasteiger partial charge >= 0.3 is 0 Å². The van der Waals surface area contributed by atoms with Crippen LogP contribution in [0.4, 0.5) is 17.6 Å². The molecule has 64 valence electrons. The second-order valence-corrected chi connectivity index (χ2v) is 2.09. The van der Waals surface area contributed by atoms with Gasteiger partial charge in [-0.05, 0) is 0 Å². The van der Waals surface area contributed by atoms with E-state index in [9.17, 15) is 17.6 Å². The smallest absolute Gasteiger partial charge is 0.195 e. The lowest BCUT2D eigenvalue weighted by Crippen LogP contribution is -1.97. The quantitative estimate of drug-likeness (QED) is 0.350. The maximum atomic E-state index is 12.6. The maximum Gasteiger partial charge on any atom is 0.195 e. The topological polar surface area (TPSA) is 0 Å². The maximum absolute atomic E-state index is 12.6. The SMILES string of the molecule is C=Cc1c(F)cc(F)c(F)c1F. The van der Waals surface area contributed by atoms with Crippen LogP contribution in [0.5, 0.6) is 0 Å². The van der Waals surface area contributed by atoms with Crippen molar-refractivity contribution in [1.82, 2.24) is 0 Å². The van der Waals surface area contributed by atoms with Crippen molar-refractivity contribution in [2.24, 2.45) is 0 Å². The highest BCUT2D eigenvalue weighted by atomic mass is 19.2. The first-order valence-corrected chi connectivity index (χ1v) is 3.03. The largest absolute Gasteiger partial charge is 0.206 e. The minimum atomic E-state index is -1.69. The van der Waals surface area contributed by atoms with Crippen molar-refractivity contribution < 1.29 is 17.6 Å². The molecule has 1 aromatic rings. The molecule has 0 aliphatic carbocycles.